The number of carbonyl (C=O) groups excluding carboxylic acids is 1. The molecule has 0 unspecified atom stereocenters. The van der Waals surface area contributed by atoms with E-state index in [9.17, 15) is 9.90 Å². The van der Waals surface area contributed by atoms with Gasteiger partial charge in [0.05, 0.1) is 5.69 Å². The zero-order chi connectivity index (χ0) is 14.0. The Morgan fingerprint density at radius 2 is 1.95 bits per heavy atom. The molecule has 0 radical (unpaired) electrons. The van der Waals surface area contributed by atoms with Crippen molar-refractivity contribution >= 4 is 17.4 Å². The number of rotatable bonds is 3. The largest absolute Gasteiger partial charge is 0.382 e. The van der Waals surface area contributed by atoms with Crippen LogP contribution in [-0.4, -0.2) is 26.3 Å². The summed E-state index contributed by atoms with van der Waals surface area (Å²) < 4.78 is 1.57. The number of aliphatic hydroxyl groups is 1. The van der Waals surface area contributed by atoms with Gasteiger partial charge in [-0.25, -0.2) is 0 Å². The van der Waals surface area contributed by atoms with Crippen molar-refractivity contribution in [2.75, 3.05) is 0 Å². The summed E-state index contributed by atoms with van der Waals surface area (Å²) in [6.07, 6.45) is 5.36. The second-order valence-corrected chi connectivity index (χ2v) is 5.88. The molecule has 106 valence electrons. The van der Waals surface area contributed by atoms with Gasteiger partial charge in [0.15, 0.2) is 5.78 Å². The zero-order valence-corrected chi connectivity index (χ0v) is 12.3. The highest BCUT2D eigenvalue weighted by atomic mass is 35.5. The van der Waals surface area contributed by atoms with Crippen LogP contribution in [0, 0.1) is 6.92 Å². The first-order chi connectivity index (χ1) is 8.94. The van der Waals surface area contributed by atoms with Crippen molar-refractivity contribution in [3.63, 3.8) is 0 Å². The van der Waals surface area contributed by atoms with Crippen molar-refractivity contribution in [1.29, 1.82) is 0 Å². The number of Topliss-reactive ketones (excluding diaryl/α,β-unsaturated/α-hetero) is 1. The van der Waals surface area contributed by atoms with Gasteiger partial charge < -0.3 is 5.11 Å². The topological polar surface area (TPSA) is 55.1 Å². The van der Waals surface area contributed by atoms with Crippen LogP contribution in [0.2, 0.25) is 5.15 Å². The van der Waals surface area contributed by atoms with Gasteiger partial charge in [0, 0.05) is 19.0 Å². The van der Waals surface area contributed by atoms with Crippen LogP contribution >= 0.6 is 11.6 Å². The molecule has 0 atom stereocenters. The number of carbonyl (C=O) groups is 1. The van der Waals surface area contributed by atoms with E-state index in [0.717, 1.165) is 36.9 Å². The zero-order valence-electron chi connectivity index (χ0n) is 11.6. The lowest BCUT2D eigenvalue weighted by Gasteiger charge is -2.24. The Morgan fingerprint density at radius 3 is 2.42 bits per heavy atom. The van der Waals surface area contributed by atoms with E-state index in [1.165, 1.54) is 0 Å². The number of halogens is 1. The number of ketones is 1. The predicted octanol–water partition coefficient (Wildman–Crippen LogP) is 2.58. The summed E-state index contributed by atoms with van der Waals surface area (Å²) >= 11 is 6.14. The van der Waals surface area contributed by atoms with Crippen LogP contribution in [0.1, 0.15) is 49.8 Å². The number of aromatic nitrogens is 2. The third kappa shape index (κ3) is 3.00. The molecule has 1 aliphatic carbocycles. The van der Waals surface area contributed by atoms with E-state index in [0.29, 0.717) is 18.0 Å². The Labute approximate surface area is 118 Å². The summed E-state index contributed by atoms with van der Waals surface area (Å²) in [5.41, 5.74) is 0.340. The minimum Gasteiger partial charge on any atom is -0.382 e. The number of hydrogen-bond donors (Lipinski definition) is 1. The second-order valence-electron chi connectivity index (χ2n) is 5.52. The summed E-state index contributed by atoms with van der Waals surface area (Å²) in [4.78, 5) is 12.4. The van der Waals surface area contributed by atoms with Crippen molar-refractivity contribution in [1.82, 2.24) is 9.78 Å². The van der Waals surface area contributed by atoms with Gasteiger partial charge in [-0.3, -0.25) is 9.48 Å². The molecule has 1 N–H and O–H groups in total. The maximum Gasteiger partial charge on any atom is 0.168 e. The normalized spacial score (nSPS) is 19.2. The Balaban J connectivity index is 2.15. The molecule has 0 saturated heterocycles. The molecule has 1 fully saturated rings. The lowest BCUT2D eigenvalue weighted by Crippen LogP contribution is -2.39. The molecule has 0 spiro atoms. The average Bonchev–Trinajstić information content (AvgIpc) is 2.58. The average molecular weight is 285 g/mol. The molecule has 4 nitrogen and oxygen atoms in total. The summed E-state index contributed by atoms with van der Waals surface area (Å²) in [6, 6.07) is 0. The van der Waals surface area contributed by atoms with Crippen LogP contribution < -0.4 is 0 Å². The molecular weight excluding hydrogens is 264 g/mol. The molecule has 1 heterocycles. The first kappa shape index (κ1) is 14.5. The molecule has 0 aromatic carbocycles. The fourth-order valence-electron chi connectivity index (χ4n) is 2.79. The van der Waals surface area contributed by atoms with E-state index >= 15 is 0 Å². The molecule has 19 heavy (non-hydrogen) atoms. The van der Waals surface area contributed by atoms with E-state index in [1.54, 1.807) is 11.7 Å². The Hall–Kier alpha value is -0.870. The minimum absolute atomic E-state index is 0.118. The summed E-state index contributed by atoms with van der Waals surface area (Å²) in [5, 5.41) is 15.2. The Kier molecular flexibility index (Phi) is 4.31. The third-order valence-corrected chi connectivity index (χ3v) is 4.53. The highest BCUT2D eigenvalue weighted by Crippen LogP contribution is 2.30. The third-order valence-electron chi connectivity index (χ3n) is 4.06. The van der Waals surface area contributed by atoms with Crippen molar-refractivity contribution in [3.8, 4) is 0 Å². The van der Waals surface area contributed by atoms with Crippen LogP contribution in [0.15, 0.2) is 0 Å². The minimum atomic E-state index is -1.16. The van der Waals surface area contributed by atoms with Crippen LogP contribution in [0.3, 0.4) is 0 Å². The predicted molar refractivity (Wildman–Crippen MR) is 74.3 cm³/mol. The number of nitrogens with zero attached hydrogens (tertiary/aromatic N) is 2. The maximum atomic E-state index is 12.4. The van der Waals surface area contributed by atoms with E-state index < -0.39 is 5.60 Å². The van der Waals surface area contributed by atoms with Crippen LogP contribution in [0.25, 0.3) is 0 Å². The quantitative estimate of drug-likeness (QED) is 0.868. The Morgan fingerprint density at radius 1 is 1.37 bits per heavy atom. The van der Waals surface area contributed by atoms with Crippen molar-refractivity contribution in [3.05, 3.63) is 16.4 Å². The van der Waals surface area contributed by atoms with Crippen molar-refractivity contribution in [2.24, 2.45) is 7.05 Å². The van der Waals surface area contributed by atoms with Gasteiger partial charge >= 0.3 is 0 Å². The molecule has 0 aliphatic heterocycles. The van der Waals surface area contributed by atoms with Gasteiger partial charge in [-0.1, -0.05) is 37.3 Å². The SMILES string of the molecule is Cc1nn(C)c(Cl)c1CC(=O)C1(O)CCCCCC1. The number of hydrogen-bond acceptors (Lipinski definition) is 3. The molecule has 0 bridgehead atoms. The molecule has 1 saturated carbocycles. The first-order valence-corrected chi connectivity index (χ1v) is 7.25. The van der Waals surface area contributed by atoms with Gasteiger partial charge in [0.2, 0.25) is 0 Å². The summed E-state index contributed by atoms with van der Waals surface area (Å²) in [5.74, 6) is -0.118. The first-order valence-electron chi connectivity index (χ1n) is 6.88. The summed E-state index contributed by atoms with van der Waals surface area (Å²) in [7, 11) is 1.75. The van der Waals surface area contributed by atoms with Crippen LogP contribution in [0.5, 0.6) is 0 Å². The van der Waals surface area contributed by atoms with E-state index in [1.807, 2.05) is 6.92 Å². The number of aryl methyl sites for hydroxylation is 2. The lowest BCUT2D eigenvalue weighted by atomic mass is 9.87. The summed E-state index contributed by atoms with van der Waals surface area (Å²) in [6.45, 7) is 1.84. The van der Waals surface area contributed by atoms with Crippen LogP contribution in [-0.2, 0) is 18.3 Å². The highest BCUT2D eigenvalue weighted by molar-refractivity contribution is 6.30. The van der Waals surface area contributed by atoms with Gasteiger partial charge in [0.25, 0.3) is 0 Å². The standard InChI is InChI=1S/C14H21ClN2O2/c1-10-11(13(15)17(2)16-10)9-12(18)14(19)7-5-3-4-6-8-14/h19H,3-9H2,1-2H3. The van der Waals surface area contributed by atoms with E-state index in [2.05, 4.69) is 5.10 Å². The second kappa shape index (κ2) is 5.63. The fourth-order valence-corrected chi connectivity index (χ4v) is 3.03. The maximum absolute atomic E-state index is 12.4. The lowest BCUT2D eigenvalue weighted by molar-refractivity contribution is -0.138. The van der Waals surface area contributed by atoms with Gasteiger partial charge in [-0.2, -0.15) is 5.10 Å². The molecule has 1 aromatic heterocycles. The van der Waals surface area contributed by atoms with Crippen LogP contribution in [0.4, 0.5) is 0 Å². The molecule has 0 amide bonds. The molecule has 1 aliphatic rings. The smallest absolute Gasteiger partial charge is 0.168 e. The van der Waals surface area contributed by atoms with Gasteiger partial charge in [-0.05, 0) is 19.8 Å². The monoisotopic (exact) mass is 284 g/mol. The highest BCUT2D eigenvalue weighted by Gasteiger charge is 2.36. The van der Waals surface area contributed by atoms with Gasteiger partial charge in [-0.15, -0.1) is 0 Å². The van der Waals surface area contributed by atoms with Crippen molar-refractivity contribution in [2.45, 2.75) is 57.5 Å². The molecule has 2 rings (SSSR count). The molecular formula is C14H21ClN2O2. The molecule has 1 aromatic rings. The molecule has 5 heteroatoms. The van der Waals surface area contributed by atoms with Crippen molar-refractivity contribution < 1.29 is 9.90 Å². The van der Waals surface area contributed by atoms with E-state index in [4.69, 9.17) is 11.6 Å². The Bertz CT molecular complexity index is 474. The van der Waals surface area contributed by atoms with E-state index in [-0.39, 0.29) is 12.2 Å². The fraction of sp³-hybridized carbons (Fsp3) is 0.714. The van der Waals surface area contributed by atoms with Gasteiger partial charge in [0.1, 0.15) is 10.8 Å².